The second-order valence-electron chi connectivity index (χ2n) is 6.02. The highest BCUT2D eigenvalue weighted by molar-refractivity contribution is 5.79. The van der Waals surface area contributed by atoms with Crippen LogP contribution in [0.3, 0.4) is 0 Å². The van der Waals surface area contributed by atoms with E-state index in [4.69, 9.17) is 4.74 Å². The lowest BCUT2D eigenvalue weighted by atomic mass is 10.1. The van der Waals surface area contributed by atoms with E-state index in [0.717, 1.165) is 28.3 Å². The predicted octanol–water partition coefficient (Wildman–Crippen LogP) is 2.90. The molecule has 3 N–H and O–H groups in total. The van der Waals surface area contributed by atoms with Gasteiger partial charge in [-0.3, -0.25) is 10.1 Å². The van der Waals surface area contributed by atoms with Gasteiger partial charge in [0.15, 0.2) is 11.8 Å². The Morgan fingerprint density at radius 3 is 2.82 bits per heavy atom. The minimum absolute atomic E-state index is 0.478. The molecule has 0 radical (unpaired) electrons. The number of nitrogens with one attached hydrogen (secondary N) is 3. The van der Waals surface area contributed by atoms with E-state index in [2.05, 4.69) is 49.5 Å². The topological polar surface area (TPSA) is 87.2 Å². The van der Waals surface area contributed by atoms with Crippen molar-refractivity contribution in [2.45, 2.75) is 13.1 Å². The van der Waals surface area contributed by atoms with Crippen molar-refractivity contribution in [1.29, 1.82) is 0 Å². The molecule has 144 valence electrons. The summed E-state index contributed by atoms with van der Waals surface area (Å²) in [7, 11) is 1.75. The van der Waals surface area contributed by atoms with E-state index in [9.17, 15) is 0 Å². The van der Waals surface area contributed by atoms with Crippen LogP contribution in [0.5, 0.6) is 5.75 Å². The van der Waals surface area contributed by atoms with Gasteiger partial charge in [-0.15, -0.1) is 0 Å². The van der Waals surface area contributed by atoms with Crippen LogP contribution in [-0.4, -0.2) is 34.8 Å². The molecule has 2 aromatic carbocycles. The van der Waals surface area contributed by atoms with Crippen molar-refractivity contribution in [2.75, 3.05) is 13.7 Å². The zero-order valence-corrected chi connectivity index (χ0v) is 15.9. The first-order valence-electron chi connectivity index (χ1n) is 9.01. The molecule has 7 nitrogen and oxygen atoms in total. The molecule has 1 aromatic heterocycles. The summed E-state index contributed by atoms with van der Waals surface area (Å²) in [5, 5.41) is 13.4. The molecule has 0 saturated carbocycles. The number of guanidine groups is 1. The summed E-state index contributed by atoms with van der Waals surface area (Å²) >= 11 is 0. The number of H-pyrrole nitrogens is 1. The third kappa shape index (κ3) is 5.20. The van der Waals surface area contributed by atoms with Crippen LogP contribution in [0.4, 0.5) is 0 Å². The van der Waals surface area contributed by atoms with Crippen LogP contribution in [0.2, 0.25) is 0 Å². The second-order valence-corrected chi connectivity index (χ2v) is 6.02. The first kappa shape index (κ1) is 19.2. The summed E-state index contributed by atoms with van der Waals surface area (Å²) in [6.45, 7) is 5.40. The van der Waals surface area contributed by atoms with Crippen molar-refractivity contribution in [1.82, 2.24) is 25.8 Å². The third-order valence-corrected chi connectivity index (χ3v) is 4.07. The minimum atomic E-state index is 0.478. The number of rotatable bonds is 8. The van der Waals surface area contributed by atoms with E-state index in [1.165, 1.54) is 6.33 Å². The molecule has 0 unspecified atom stereocenters. The molecule has 0 spiro atoms. The van der Waals surface area contributed by atoms with Gasteiger partial charge in [-0.1, -0.05) is 49.1 Å². The summed E-state index contributed by atoms with van der Waals surface area (Å²) in [5.41, 5.74) is 3.17. The highest BCUT2D eigenvalue weighted by atomic mass is 16.5. The molecule has 0 amide bonds. The van der Waals surface area contributed by atoms with E-state index in [1.807, 2.05) is 36.4 Å². The average Bonchev–Trinajstić information content (AvgIpc) is 3.28. The Bertz CT molecular complexity index is 920. The molecule has 7 heteroatoms. The van der Waals surface area contributed by atoms with E-state index in [-0.39, 0.29) is 0 Å². The number of benzene rings is 2. The largest absolute Gasteiger partial charge is 0.489 e. The highest BCUT2D eigenvalue weighted by Gasteiger charge is 2.05. The summed E-state index contributed by atoms with van der Waals surface area (Å²) in [6.07, 6.45) is 3.24. The molecule has 1 heterocycles. The molecular weight excluding hydrogens is 352 g/mol. The first-order valence-corrected chi connectivity index (χ1v) is 9.01. The van der Waals surface area contributed by atoms with Gasteiger partial charge in [0.05, 0.1) is 0 Å². The van der Waals surface area contributed by atoms with Gasteiger partial charge in [-0.25, -0.2) is 4.98 Å². The van der Waals surface area contributed by atoms with E-state index in [1.54, 1.807) is 13.1 Å². The second kappa shape index (κ2) is 9.91. The Morgan fingerprint density at radius 2 is 2.04 bits per heavy atom. The molecule has 0 saturated heterocycles. The Labute approximate surface area is 164 Å². The lowest BCUT2D eigenvalue weighted by Crippen LogP contribution is -2.36. The molecule has 0 aliphatic carbocycles. The number of aromatic nitrogens is 3. The summed E-state index contributed by atoms with van der Waals surface area (Å²) in [6, 6.07) is 16.0. The van der Waals surface area contributed by atoms with Crippen LogP contribution in [-0.2, 0) is 13.1 Å². The maximum absolute atomic E-state index is 5.70. The van der Waals surface area contributed by atoms with Crippen molar-refractivity contribution in [3.63, 3.8) is 0 Å². The number of para-hydroxylation sites is 1. The van der Waals surface area contributed by atoms with Gasteiger partial charge < -0.3 is 15.4 Å². The number of aliphatic imine (C=N–C) groups is 1. The van der Waals surface area contributed by atoms with Crippen LogP contribution in [0.25, 0.3) is 11.4 Å². The van der Waals surface area contributed by atoms with Crippen LogP contribution < -0.4 is 15.4 Å². The minimum Gasteiger partial charge on any atom is -0.489 e. The number of nitrogens with zero attached hydrogens (tertiary/aromatic N) is 3. The monoisotopic (exact) mass is 376 g/mol. The van der Waals surface area contributed by atoms with Gasteiger partial charge in [0.1, 0.15) is 18.7 Å². The smallest absolute Gasteiger partial charge is 0.191 e. The number of hydrogen-bond donors (Lipinski definition) is 3. The Morgan fingerprint density at radius 1 is 1.18 bits per heavy atom. The van der Waals surface area contributed by atoms with Crippen molar-refractivity contribution in [3.8, 4) is 17.1 Å². The molecule has 0 aliphatic rings. The number of aromatic amines is 1. The van der Waals surface area contributed by atoms with E-state index in [0.29, 0.717) is 25.7 Å². The zero-order valence-electron chi connectivity index (χ0n) is 15.9. The number of ether oxygens (including phenoxy) is 1. The summed E-state index contributed by atoms with van der Waals surface area (Å²) in [4.78, 5) is 8.48. The molecule has 3 rings (SSSR count). The molecule has 0 atom stereocenters. The highest BCUT2D eigenvalue weighted by Crippen LogP contribution is 2.18. The average molecular weight is 376 g/mol. The van der Waals surface area contributed by atoms with Crippen LogP contribution in [0.1, 0.15) is 11.1 Å². The fraction of sp³-hybridized carbons (Fsp3) is 0.190. The SMILES string of the molecule is C=CCOc1ccccc1CNC(=NC)NCc1cccc(-c2ncn[nH]2)c1. The molecule has 0 fully saturated rings. The quantitative estimate of drug-likeness (QED) is 0.320. The normalized spacial score (nSPS) is 11.1. The third-order valence-electron chi connectivity index (χ3n) is 4.07. The molecule has 3 aromatic rings. The zero-order chi connectivity index (χ0) is 19.6. The molecule has 0 bridgehead atoms. The van der Waals surface area contributed by atoms with Crippen LogP contribution in [0.15, 0.2) is 72.5 Å². The van der Waals surface area contributed by atoms with Crippen molar-refractivity contribution in [3.05, 3.63) is 78.6 Å². The van der Waals surface area contributed by atoms with Crippen LogP contribution >= 0.6 is 0 Å². The van der Waals surface area contributed by atoms with Gasteiger partial charge in [0.25, 0.3) is 0 Å². The fourth-order valence-electron chi connectivity index (χ4n) is 2.70. The van der Waals surface area contributed by atoms with Gasteiger partial charge in [-0.2, -0.15) is 5.10 Å². The van der Waals surface area contributed by atoms with Crippen molar-refractivity contribution >= 4 is 5.96 Å². The predicted molar refractivity (Wildman–Crippen MR) is 111 cm³/mol. The Hall–Kier alpha value is -3.61. The number of hydrogen-bond acceptors (Lipinski definition) is 4. The van der Waals surface area contributed by atoms with Crippen molar-refractivity contribution < 1.29 is 4.74 Å². The fourth-order valence-corrected chi connectivity index (χ4v) is 2.70. The van der Waals surface area contributed by atoms with Gasteiger partial charge in [0, 0.05) is 31.3 Å². The molecule has 28 heavy (non-hydrogen) atoms. The van der Waals surface area contributed by atoms with Crippen LogP contribution in [0, 0.1) is 0 Å². The van der Waals surface area contributed by atoms with Gasteiger partial charge in [-0.05, 0) is 17.7 Å². The Kier molecular flexibility index (Phi) is 6.78. The maximum atomic E-state index is 5.70. The lowest BCUT2D eigenvalue weighted by Gasteiger charge is -2.14. The van der Waals surface area contributed by atoms with Gasteiger partial charge in [0.2, 0.25) is 0 Å². The van der Waals surface area contributed by atoms with E-state index < -0.39 is 0 Å². The summed E-state index contributed by atoms with van der Waals surface area (Å²) in [5.74, 6) is 2.30. The Balaban J connectivity index is 1.57. The van der Waals surface area contributed by atoms with Gasteiger partial charge >= 0.3 is 0 Å². The lowest BCUT2D eigenvalue weighted by molar-refractivity contribution is 0.358. The summed E-state index contributed by atoms with van der Waals surface area (Å²) < 4.78 is 5.70. The molecular formula is C21H24N6O. The standard InChI is InChI=1S/C21H24N6O/c1-3-11-28-19-10-5-4-8-18(19)14-24-21(22-2)23-13-16-7-6-9-17(12-16)20-25-15-26-27-20/h3-10,12,15H,1,11,13-14H2,2H3,(H2,22,23,24)(H,25,26,27). The first-order chi connectivity index (χ1) is 13.8. The van der Waals surface area contributed by atoms with Crippen molar-refractivity contribution in [2.24, 2.45) is 4.99 Å². The van der Waals surface area contributed by atoms with E-state index >= 15 is 0 Å². The molecule has 0 aliphatic heterocycles. The maximum Gasteiger partial charge on any atom is 0.191 e.